The predicted molar refractivity (Wildman–Crippen MR) is 99.9 cm³/mol. The maximum absolute atomic E-state index is 14.1. The number of nitrogens with one attached hydrogen (secondary N) is 1. The molecule has 1 aliphatic heterocycles. The fourth-order valence-electron chi connectivity index (χ4n) is 4.26. The molecule has 27 heavy (non-hydrogen) atoms. The minimum atomic E-state index is -1.61. The molecule has 0 unspecified atom stereocenters. The van der Waals surface area contributed by atoms with E-state index in [1.807, 2.05) is 18.2 Å². The van der Waals surface area contributed by atoms with Crippen molar-refractivity contribution in [3.8, 4) is 0 Å². The number of ether oxygens (including phenoxy) is 1. The maximum Gasteiger partial charge on any atom is 0.260 e. The molecule has 2 amide bonds. The number of alkyl halides is 1. The lowest BCUT2D eigenvalue weighted by molar-refractivity contribution is -0.139. The third kappa shape index (κ3) is 3.16. The zero-order chi connectivity index (χ0) is 19.1. The Morgan fingerprint density at radius 1 is 1.19 bits per heavy atom. The Kier molecular flexibility index (Phi) is 4.54. The van der Waals surface area contributed by atoms with Gasteiger partial charge in [0.15, 0.2) is 5.67 Å². The van der Waals surface area contributed by atoms with Crippen molar-refractivity contribution < 1.29 is 18.7 Å². The van der Waals surface area contributed by atoms with Crippen molar-refractivity contribution in [1.82, 2.24) is 10.2 Å². The first-order chi connectivity index (χ1) is 13.0. The monoisotopic (exact) mass is 372 g/mol. The lowest BCUT2D eigenvalue weighted by atomic mass is 9.74. The second-order valence-electron chi connectivity index (χ2n) is 7.77. The summed E-state index contributed by atoms with van der Waals surface area (Å²) in [6, 6.07) is 7.96. The molecule has 0 radical (unpaired) electrons. The first-order valence-electron chi connectivity index (χ1n) is 9.57. The minimum absolute atomic E-state index is 0.101. The molecule has 2 fully saturated rings. The summed E-state index contributed by atoms with van der Waals surface area (Å²) >= 11 is 0. The van der Waals surface area contributed by atoms with Crippen LogP contribution >= 0.6 is 0 Å². The van der Waals surface area contributed by atoms with E-state index in [2.05, 4.69) is 17.5 Å². The van der Waals surface area contributed by atoms with Crippen LogP contribution < -0.4 is 5.32 Å². The molecular formula is C21H25FN2O3. The SMILES string of the molecule is COCCNC(=O)C1=CC2(CCN(C(=O)C3(F)CC3)CC2)c2ccccc21. The van der Waals surface area contributed by atoms with Gasteiger partial charge in [0.1, 0.15) is 0 Å². The Hall–Kier alpha value is -2.21. The average molecular weight is 372 g/mol. The van der Waals surface area contributed by atoms with E-state index in [4.69, 9.17) is 4.74 Å². The Balaban J connectivity index is 1.54. The first kappa shape index (κ1) is 18.2. The fourth-order valence-corrected chi connectivity index (χ4v) is 4.26. The molecule has 0 atom stereocenters. The van der Waals surface area contributed by atoms with Crippen LogP contribution in [0.1, 0.15) is 36.8 Å². The van der Waals surface area contributed by atoms with Gasteiger partial charge < -0.3 is 15.0 Å². The predicted octanol–water partition coefficient (Wildman–Crippen LogP) is 2.21. The molecule has 3 aliphatic rings. The molecule has 0 aromatic heterocycles. The smallest absolute Gasteiger partial charge is 0.260 e. The van der Waals surface area contributed by atoms with Gasteiger partial charge in [-0.15, -0.1) is 0 Å². The molecule has 144 valence electrons. The van der Waals surface area contributed by atoms with Gasteiger partial charge in [-0.1, -0.05) is 30.3 Å². The number of hydrogen-bond acceptors (Lipinski definition) is 3. The van der Waals surface area contributed by atoms with Crippen molar-refractivity contribution in [3.63, 3.8) is 0 Å². The molecule has 6 heteroatoms. The molecule has 4 rings (SSSR count). The summed E-state index contributed by atoms with van der Waals surface area (Å²) in [6.45, 7) is 1.97. The molecule has 2 aliphatic carbocycles. The van der Waals surface area contributed by atoms with Crippen LogP contribution in [0.4, 0.5) is 4.39 Å². The summed E-state index contributed by atoms with van der Waals surface area (Å²) in [5.41, 5.74) is 0.909. The fraction of sp³-hybridized carbons (Fsp3) is 0.524. The molecular weight excluding hydrogens is 347 g/mol. The molecule has 1 heterocycles. The number of halogens is 1. The van der Waals surface area contributed by atoms with Gasteiger partial charge in [-0.05, 0) is 36.8 Å². The van der Waals surface area contributed by atoms with Gasteiger partial charge in [0, 0.05) is 37.7 Å². The lowest BCUT2D eigenvalue weighted by Crippen LogP contribution is -2.47. The van der Waals surface area contributed by atoms with Crippen LogP contribution in [-0.2, 0) is 19.7 Å². The zero-order valence-corrected chi connectivity index (χ0v) is 15.6. The standard InChI is InChI=1S/C21H25FN2O3/c1-27-13-10-23-18(25)16-14-20(17-5-3-2-4-15(16)17)8-11-24(12-9-20)19(26)21(22)6-7-21/h2-5,14H,6-13H2,1H3,(H,23,25). The van der Waals surface area contributed by atoms with E-state index in [9.17, 15) is 14.0 Å². The number of carbonyl (C=O) groups is 2. The molecule has 1 saturated carbocycles. The Morgan fingerprint density at radius 3 is 2.56 bits per heavy atom. The maximum atomic E-state index is 14.1. The second kappa shape index (κ2) is 6.75. The Labute approximate surface area is 158 Å². The van der Waals surface area contributed by atoms with Gasteiger partial charge >= 0.3 is 0 Å². The quantitative estimate of drug-likeness (QED) is 0.807. The highest BCUT2D eigenvalue weighted by Crippen LogP contribution is 2.48. The van der Waals surface area contributed by atoms with E-state index in [0.717, 1.165) is 11.1 Å². The van der Waals surface area contributed by atoms with Crippen LogP contribution in [0.2, 0.25) is 0 Å². The van der Waals surface area contributed by atoms with Crippen LogP contribution in [0, 0.1) is 0 Å². The van der Waals surface area contributed by atoms with E-state index in [1.54, 1.807) is 12.0 Å². The van der Waals surface area contributed by atoms with Gasteiger partial charge in [0.2, 0.25) is 0 Å². The van der Waals surface area contributed by atoms with Crippen molar-refractivity contribution in [3.05, 3.63) is 41.5 Å². The summed E-state index contributed by atoms with van der Waals surface area (Å²) in [5, 5.41) is 2.90. The van der Waals surface area contributed by atoms with Gasteiger partial charge in [-0.3, -0.25) is 9.59 Å². The summed E-state index contributed by atoms with van der Waals surface area (Å²) in [6.07, 6.45) is 4.18. The number of piperidine rings is 1. The van der Waals surface area contributed by atoms with Crippen LogP contribution in [0.3, 0.4) is 0 Å². The number of hydrogen-bond donors (Lipinski definition) is 1. The van der Waals surface area contributed by atoms with Crippen molar-refractivity contribution in [2.45, 2.75) is 36.8 Å². The largest absolute Gasteiger partial charge is 0.383 e. The number of carbonyl (C=O) groups excluding carboxylic acids is 2. The molecule has 1 saturated heterocycles. The van der Waals surface area contributed by atoms with Gasteiger partial charge in [-0.2, -0.15) is 0 Å². The van der Waals surface area contributed by atoms with E-state index in [1.165, 1.54) is 0 Å². The Morgan fingerprint density at radius 2 is 1.89 bits per heavy atom. The zero-order valence-electron chi connectivity index (χ0n) is 15.6. The van der Waals surface area contributed by atoms with Crippen molar-refractivity contribution >= 4 is 17.4 Å². The first-order valence-corrected chi connectivity index (χ1v) is 9.57. The van der Waals surface area contributed by atoms with Gasteiger partial charge in [0.25, 0.3) is 11.8 Å². The van der Waals surface area contributed by atoms with E-state index in [0.29, 0.717) is 57.5 Å². The van der Waals surface area contributed by atoms with Crippen LogP contribution in [-0.4, -0.2) is 55.7 Å². The minimum Gasteiger partial charge on any atom is -0.383 e. The van der Waals surface area contributed by atoms with Crippen LogP contribution in [0.15, 0.2) is 30.3 Å². The number of likely N-dealkylation sites (tertiary alicyclic amines) is 1. The van der Waals surface area contributed by atoms with E-state index >= 15 is 0 Å². The highest BCUT2D eigenvalue weighted by atomic mass is 19.1. The topological polar surface area (TPSA) is 58.6 Å². The summed E-state index contributed by atoms with van der Waals surface area (Å²) in [7, 11) is 1.60. The number of methoxy groups -OCH3 is 1. The Bertz CT molecular complexity index is 792. The van der Waals surface area contributed by atoms with Crippen LogP contribution in [0.5, 0.6) is 0 Å². The number of fused-ring (bicyclic) bond motifs is 2. The number of rotatable bonds is 5. The number of nitrogens with zero attached hydrogens (tertiary/aromatic N) is 1. The number of allylic oxidation sites excluding steroid dienone is 1. The second-order valence-corrected chi connectivity index (χ2v) is 7.77. The van der Waals surface area contributed by atoms with Gasteiger partial charge in [0.05, 0.1) is 6.61 Å². The average Bonchev–Trinajstić information content (AvgIpc) is 3.37. The normalized spacial score (nSPS) is 21.6. The number of amides is 2. The van der Waals surface area contributed by atoms with Crippen LogP contribution in [0.25, 0.3) is 5.57 Å². The van der Waals surface area contributed by atoms with Crippen molar-refractivity contribution in [1.29, 1.82) is 0 Å². The highest BCUT2D eigenvalue weighted by Gasteiger charge is 2.54. The molecule has 0 bridgehead atoms. The van der Waals surface area contributed by atoms with Crippen molar-refractivity contribution in [2.24, 2.45) is 0 Å². The van der Waals surface area contributed by atoms with E-state index in [-0.39, 0.29) is 17.2 Å². The molecule has 5 nitrogen and oxygen atoms in total. The molecule has 1 spiro atoms. The summed E-state index contributed by atoms with van der Waals surface area (Å²) < 4.78 is 19.1. The van der Waals surface area contributed by atoms with Crippen molar-refractivity contribution in [2.75, 3.05) is 33.4 Å². The third-order valence-electron chi connectivity index (χ3n) is 6.03. The van der Waals surface area contributed by atoms with E-state index < -0.39 is 5.67 Å². The highest BCUT2D eigenvalue weighted by molar-refractivity contribution is 6.21. The number of benzene rings is 1. The summed E-state index contributed by atoms with van der Waals surface area (Å²) in [5.74, 6) is -0.458. The molecule has 1 aromatic carbocycles. The third-order valence-corrected chi connectivity index (χ3v) is 6.03. The summed E-state index contributed by atoms with van der Waals surface area (Å²) in [4.78, 5) is 26.6. The molecule has 1 aromatic rings. The lowest BCUT2D eigenvalue weighted by Gasteiger charge is -2.39. The van der Waals surface area contributed by atoms with Gasteiger partial charge in [-0.25, -0.2) is 4.39 Å². The molecule has 1 N–H and O–H groups in total.